The van der Waals surface area contributed by atoms with E-state index in [9.17, 15) is 22.0 Å². The molecule has 0 bridgehead atoms. The molecular weight excluding hydrogens is 462 g/mol. The average Bonchev–Trinajstić information content (AvgIpc) is 3.51. The normalized spacial score (nSPS) is 14.2. The van der Waals surface area contributed by atoms with Gasteiger partial charge < -0.3 is 5.32 Å². The van der Waals surface area contributed by atoms with Crippen molar-refractivity contribution < 1.29 is 22.0 Å². The second-order valence-electron chi connectivity index (χ2n) is 7.70. The molecule has 1 aliphatic rings. The van der Waals surface area contributed by atoms with E-state index < -0.39 is 23.0 Å². The highest BCUT2D eigenvalue weighted by molar-refractivity contribution is 7.92. The second-order valence-corrected chi connectivity index (χ2v) is 10.0. The van der Waals surface area contributed by atoms with Crippen LogP contribution < -0.4 is 9.62 Å². The van der Waals surface area contributed by atoms with Gasteiger partial charge in [-0.3, -0.25) is 9.10 Å². The Labute approximate surface area is 189 Å². The number of carbonyl (C=O) groups is 1. The summed E-state index contributed by atoms with van der Waals surface area (Å²) in [4.78, 5) is 12.8. The van der Waals surface area contributed by atoms with E-state index >= 15 is 0 Å². The Kier molecular flexibility index (Phi) is 5.85. The Hall–Kier alpha value is -2.72. The molecule has 1 amide bonds. The Bertz CT molecular complexity index is 1290. The second kappa shape index (κ2) is 8.32. The minimum absolute atomic E-state index is 0.0349. The van der Waals surface area contributed by atoms with Crippen molar-refractivity contribution in [3.63, 3.8) is 0 Å². The molecule has 1 fully saturated rings. The standard InChI is InChI=1S/C21H21ClF2N4O3S/c1-25-21(29)20-16-9-15(12-3-4-12)18(27(11-19(23)24)32(2,30)31)10-17(16)26-28(20)14-7-5-13(22)6-8-14/h5-10,12,19H,3-4,11H2,1-2H3,(H,25,29). The summed E-state index contributed by atoms with van der Waals surface area (Å²) in [6.45, 7) is -0.954. The molecular formula is C21H21ClF2N4O3S. The lowest BCUT2D eigenvalue weighted by atomic mass is 10.0. The molecule has 170 valence electrons. The van der Waals surface area contributed by atoms with Gasteiger partial charge in [-0.05, 0) is 60.7 Å². The Morgan fingerprint density at radius 3 is 2.47 bits per heavy atom. The van der Waals surface area contributed by atoms with Crippen molar-refractivity contribution >= 4 is 44.1 Å². The molecule has 3 aromatic rings. The maximum Gasteiger partial charge on any atom is 0.270 e. The van der Waals surface area contributed by atoms with Crippen LogP contribution in [0.15, 0.2) is 36.4 Å². The van der Waals surface area contributed by atoms with E-state index in [0.29, 0.717) is 27.2 Å². The summed E-state index contributed by atoms with van der Waals surface area (Å²) in [6.07, 6.45) is -0.324. The van der Waals surface area contributed by atoms with Crippen molar-refractivity contribution in [2.24, 2.45) is 0 Å². The molecule has 1 saturated carbocycles. The first-order valence-electron chi connectivity index (χ1n) is 9.90. The van der Waals surface area contributed by atoms with Gasteiger partial charge in [-0.15, -0.1) is 0 Å². The van der Waals surface area contributed by atoms with Crippen LogP contribution >= 0.6 is 11.6 Å². The van der Waals surface area contributed by atoms with Gasteiger partial charge in [0.05, 0.1) is 29.7 Å². The summed E-state index contributed by atoms with van der Waals surface area (Å²) in [7, 11) is -2.47. The molecule has 0 radical (unpaired) electrons. The van der Waals surface area contributed by atoms with E-state index in [2.05, 4.69) is 10.4 Å². The first-order valence-corrected chi connectivity index (χ1v) is 12.1. The number of aromatic nitrogens is 2. The number of amides is 1. The molecule has 0 saturated heterocycles. The van der Waals surface area contributed by atoms with Gasteiger partial charge in [-0.25, -0.2) is 21.9 Å². The number of hydrogen-bond donors (Lipinski definition) is 1. The number of nitrogens with one attached hydrogen (secondary N) is 1. The molecule has 0 unspecified atom stereocenters. The molecule has 2 aromatic carbocycles. The van der Waals surface area contributed by atoms with Gasteiger partial charge in [0.25, 0.3) is 12.3 Å². The summed E-state index contributed by atoms with van der Waals surface area (Å²) in [5.74, 6) is -0.350. The first kappa shape index (κ1) is 22.5. The number of rotatable bonds is 7. The van der Waals surface area contributed by atoms with E-state index in [0.717, 1.165) is 23.4 Å². The Morgan fingerprint density at radius 1 is 1.28 bits per heavy atom. The number of alkyl halides is 2. The van der Waals surface area contributed by atoms with Gasteiger partial charge >= 0.3 is 0 Å². The molecule has 1 N–H and O–H groups in total. The zero-order chi connectivity index (χ0) is 23.2. The summed E-state index contributed by atoms with van der Waals surface area (Å²) in [5.41, 5.74) is 1.95. The molecule has 1 aromatic heterocycles. The maximum absolute atomic E-state index is 13.2. The van der Waals surface area contributed by atoms with Crippen molar-refractivity contribution in [2.75, 3.05) is 24.2 Å². The van der Waals surface area contributed by atoms with Gasteiger partial charge in [0.1, 0.15) is 5.69 Å². The van der Waals surface area contributed by atoms with Crippen LogP contribution in [0.5, 0.6) is 0 Å². The fourth-order valence-electron chi connectivity index (χ4n) is 3.72. The number of benzene rings is 2. The molecule has 1 aliphatic carbocycles. The third kappa shape index (κ3) is 4.29. The number of anilines is 1. The fraction of sp³-hybridized carbons (Fsp3) is 0.333. The largest absolute Gasteiger partial charge is 0.354 e. The number of fused-ring (bicyclic) bond motifs is 1. The third-order valence-corrected chi connectivity index (χ3v) is 6.72. The van der Waals surface area contributed by atoms with Gasteiger partial charge in [-0.1, -0.05) is 11.6 Å². The number of halogens is 3. The average molecular weight is 483 g/mol. The Morgan fingerprint density at radius 2 is 1.94 bits per heavy atom. The van der Waals surface area contributed by atoms with Gasteiger partial charge in [0.2, 0.25) is 10.0 Å². The summed E-state index contributed by atoms with van der Waals surface area (Å²) in [5, 5.41) is 8.14. The quantitative estimate of drug-likeness (QED) is 0.552. The zero-order valence-corrected chi connectivity index (χ0v) is 18.9. The topological polar surface area (TPSA) is 84.3 Å². The predicted molar refractivity (Wildman–Crippen MR) is 120 cm³/mol. The highest BCUT2D eigenvalue weighted by Crippen LogP contribution is 2.46. The third-order valence-electron chi connectivity index (χ3n) is 5.32. The summed E-state index contributed by atoms with van der Waals surface area (Å²) in [6, 6.07) is 9.89. The van der Waals surface area contributed by atoms with Crippen LogP contribution in [0.3, 0.4) is 0 Å². The lowest BCUT2D eigenvalue weighted by molar-refractivity contribution is 0.0957. The van der Waals surface area contributed by atoms with Crippen molar-refractivity contribution in [2.45, 2.75) is 25.2 Å². The van der Waals surface area contributed by atoms with Crippen LogP contribution in [0.4, 0.5) is 14.5 Å². The van der Waals surface area contributed by atoms with Crippen molar-refractivity contribution in [3.05, 3.63) is 52.7 Å². The van der Waals surface area contributed by atoms with Crippen LogP contribution in [0, 0.1) is 0 Å². The number of nitrogens with zero attached hydrogens (tertiary/aromatic N) is 3. The highest BCUT2D eigenvalue weighted by Gasteiger charge is 2.33. The van der Waals surface area contributed by atoms with E-state index in [1.165, 1.54) is 17.8 Å². The molecule has 7 nitrogen and oxygen atoms in total. The lowest BCUT2D eigenvalue weighted by Gasteiger charge is -2.24. The Balaban J connectivity index is 1.99. The molecule has 0 aliphatic heterocycles. The maximum atomic E-state index is 13.2. The van der Waals surface area contributed by atoms with E-state index in [1.807, 2.05) is 0 Å². The van der Waals surface area contributed by atoms with Crippen LogP contribution in [0.2, 0.25) is 5.02 Å². The molecule has 4 rings (SSSR count). The number of sulfonamides is 1. The van der Waals surface area contributed by atoms with Crippen molar-refractivity contribution in [1.82, 2.24) is 15.1 Å². The summed E-state index contributed by atoms with van der Waals surface area (Å²) >= 11 is 5.98. The molecule has 0 spiro atoms. The fourth-order valence-corrected chi connectivity index (χ4v) is 4.74. The van der Waals surface area contributed by atoms with Gasteiger partial charge in [0, 0.05) is 17.5 Å². The minimum Gasteiger partial charge on any atom is -0.354 e. The molecule has 11 heteroatoms. The van der Waals surface area contributed by atoms with E-state index in [-0.39, 0.29) is 23.2 Å². The SMILES string of the molecule is CNC(=O)c1c2cc(C3CC3)c(N(CC(F)F)S(C)(=O)=O)cc2nn1-c1ccc(Cl)cc1. The molecule has 32 heavy (non-hydrogen) atoms. The van der Waals surface area contributed by atoms with Gasteiger partial charge in [0.15, 0.2) is 0 Å². The first-order chi connectivity index (χ1) is 15.1. The van der Waals surface area contributed by atoms with Crippen molar-refractivity contribution in [1.29, 1.82) is 0 Å². The predicted octanol–water partition coefficient (Wildman–Crippen LogP) is 3.95. The number of hydrogen-bond acceptors (Lipinski definition) is 4. The monoisotopic (exact) mass is 482 g/mol. The van der Waals surface area contributed by atoms with Crippen LogP contribution in [-0.4, -0.2) is 50.4 Å². The minimum atomic E-state index is -3.97. The lowest BCUT2D eigenvalue weighted by Crippen LogP contribution is -2.35. The smallest absolute Gasteiger partial charge is 0.270 e. The summed E-state index contributed by atoms with van der Waals surface area (Å²) < 4.78 is 53.4. The van der Waals surface area contributed by atoms with Gasteiger partial charge in [-0.2, -0.15) is 5.10 Å². The molecule has 0 atom stereocenters. The van der Waals surface area contributed by atoms with Crippen LogP contribution in [-0.2, 0) is 10.0 Å². The zero-order valence-electron chi connectivity index (χ0n) is 17.3. The highest BCUT2D eigenvalue weighted by atomic mass is 35.5. The van der Waals surface area contributed by atoms with E-state index in [4.69, 9.17) is 11.6 Å². The van der Waals surface area contributed by atoms with E-state index in [1.54, 1.807) is 30.3 Å². The van der Waals surface area contributed by atoms with Crippen LogP contribution in [0.25, 0.3) is 16.6 Å². The van der Waals surface area contributed by atoms with Crippen molar-refractivity contribution in [3.8, 4) is 5.69 Å². The number of carbonyl (C=O) groups excluding carboxylic acids is 1. The van der Waals surface area contributed by atoms with Crippen LogP contribution in [0.1, 0.15) is 34.8 Å². The molecule has 1 heterocycles.